The number of esters is 1. The Morgan fingerprint density at radius 1 is 0.958 bits per heavy atom. The van der Waals surface area contributed by atoms with Crippen LogP contribution in [0.25, 0.3) is 21.9 Å². The van der Waals surface area contributed by atoms with Crippen LogP contribution >= 0.6 is 0 Å². The van der Waals surface area contributed by atoms with Gasteiger partial charge in [-0.3, -0.25) is 4.79 Å². The average Bonchev–Trinajstić information content (AvgIpc) is 2.87. The molecule has 24 heavy (non-hydrogen) atoms. The maximum atomic E-state index is 12.4. The quantitative estimate of drug-likeness (QED) is 0.674. The number of ether oxygens (including phenoxy) is 1. The van der Waals surface area contributed by atoms with Gasteiger partial charge >= 0.3 is 5.97 Å². The SMILES string of the molecule is COC(=O)C1c2cc(C)ccc2-c2c1cc(O)c1cc(C)ccc21. The zero-order valence-electron chi connectivity index (χ0n) is 13.9. The molecule has 3 heteroatoms. The van der Waals surface area contributed by atoms with Crippen molar-refractivity contribution in [2.75, 3.05) is 7.11 Å². The lowest BCUT2D eigenvalue weighted by atomic mass is 9.93. The van der Waals surface area contributed by atoms with Gasteiger partial charge in [-0.15, -0.1) is 0 Å². The molecular weight excluding hydrogens is 300 g/mol. The van der Waals surface area contributed by atoms with Gasteiger partial charge in [0.05, 0.1) is 7.11 Å². The number of hydrogen-bond donors (Lipinski definition) is 1. The third-order valence-corrected chi connectivity index (χ3v) is 4.84. The highest BCUT2D eigenvalue weighted by molar-refractivity contribution is 6.08. The molecule has 120 valence electrons. The maximum absolute atomic E-state index is 12.4. The standard InChI is InChI=1S/C21H18O3/c1-11-4-6-13-15(8-11)18(22)10-17-19(13)14-7-5-12(2)9-16(14)20(17)21(23)24-3/h4-10,20,22H,1-3H3. The summed E-state index contributed by atoms with van der Waals surface area (Å²) in [5.74, 6) is -0.589. The number of fused-ring (bicyclic) bond motifs is 5. The van der Waals surface area contributed by atoms with Crippen LogP contribution in [0.3, 0.4) is 0 Å². The van der Waals surface area contributed by atoms with Gasteiger partial charge in [0.15, 0.2) is 0 Å². The normalized spacial score (nSPS) is 15.2. The summed E-state index contributed by atoms with van der Waals surface area (Å²) in [6, 6.07) is 13.9. The van der Waals surface area contributed by atoms with Gasteiger partial charge in [-0.1, -0.05) is 41.5 Å². The van der Waals surface area contributed by atoms with Crippen molar-refractivity contribution in [2.45, 2.75) is 19.8 Å². The third-order valence-electron chi connectivity index (χ3n) is 4.84. The van der Waals surface area contributed by atoms with Crippen molar-refractivity contribution in [1.29, 1.82) is 0 Å². The first kappa shape index (κ1) is 14.8. The number of benzene rings is 3. The first-order valence-electron chi connectivity index (χ1n) is 7.96. The minimum absolute atomic E-state index is 0.200. The van der Waals surface area contributed by atoms with Gasteiger partial charge in [0, 0.05) is 5.39 Å². The molecule has 3 aromatic rings. The van der Waals surface area contributed by atoms with Crippen molar-refractivity contribution in [3.63, 3.8) is 0 Å². The first-order valence-corrected chi connectivity index (χ1v) is 7.96. The summed E-state index contributed by atoms with van der Waals surface area (Å²) in [6.07, 6.45) is 0. The topological polar surface area (TPSA) is 46.5 Å². The van der Waals surface area contributed by atoms with E-state index in [1.807, 2.05) is 38.1 Å². The Balaban J connectivity index is 2.14. The summed E-state index contributed by atoms with van der Waals surface area (Å²) in [5.41, 5.74) is 6.01. The number of methoxy groups -OCH3 is 1. The van der Waals surface area contributed by atoms with Crippen molar-refractivity contribution in [3.05, 3.63) is 64.7 Å². The molecule has 1 atom stereocenters. The predicted molar refractivity (Wildman–Crippen MR) is 94.4 cm³/mol. The van der Waals surface area contributed by atoms with Crippen LogP contribution in [0.15, 0.2) is 42.5 Å². The lowest BCUT2D eigenvalue weighted by Gasteiger charge is -2.13. The van der Waals surface area contributed by atoms with Gasteiger partial charge in [0.25, 0.3) is 0 Å². The first-order chi connectivity index (χ1) is 11.5. The highest BCUT2D eigenvalue weighted by Crippen LogP contribution is 2.50. The maximum Gasteiger partial charge on any atom is 0.317 e. The van der Waals surface area contributed by atoms with E-state index >= 15 is 0 Å². The molecule has 0 amide bonds. The Bertz CT molecular complexity index is 1000. The fourth-order valence-electron chi connectivity index (χ4n) is 3.76. The van der Waals surface area contributed by atoms with Crippen LogP contribution in [0.4, 0.5) is 0 Å². The molecule has 1 aliphatic carbocycles. The highest BCUT2D eigenvalue weighted by Gasteiger charge is 2.36. The molecule has 1 aliphatic rings. The number of carbonyl (C=O) groups excluding carboxylic acids is 1. The second kappa shape index (κ2) is 5.10. The monoisotopic (exact) mass is 318 g/mol. The van der Waals surface area contributed by atoms with Crippen molar-refractivity contribution < 1.29 is 14.6 Å². The molecule has 0 fully saturated rings. The summed E-state index contributed by atoms with van der Waals surface area (Å²) >= 11 is 0. The van der Waals surface area contributed by atoms with Crippen molar-refractivity contribution in [3.8, 4) is 16.9 Å². The van der Waals surface area contributed by atoms with E-state index in [0.717, 1.165) is 44.2 Å². The van der Waals surface area contributed by atoms with Gasteiger partial charge in [-0.25, -0.2) is 0 Å². The molecule has 0 spiro atoms. The number of rotatable bonds is 1. The predicted octanol–water partition coefficient (Wildman–Crippen LogP) is 4.45. The highest BCUT2D eigenvalue weighted by atomic mass is 16.5. The van der Waals surface area contributed by atoms with Crippen LogP contribution in [0.1, 0.15) is 28.2 Å². The van der Waals surface area contributed by atoms with E-state index in [0.29, 0.717) is 0 Å². The molecule has 0 bridgehead atoms. The second-order valence-corrected chi connectivity index (χ2v) is 6.46. The van der Waals surface area contributed by atoms with Crippen LogP contribution in [-0.2, 0) is 9.53 Å². The molecule has 0 saturated heterocycles. The molecule has 0 saturated carbocycles. The van der Waals surface area contributed by atoms with E-state index in [1.165, 1.54) is 7.11 Å². The van der Waals surface area contributed by atoms with Gasteiger partial charge in [0.1, 0.15) is 11.7 Å². The van der Waals surface area contributed by atoms with E-state index < -0.39 is 5.92 Å². The Kier molecular flexibility index (Phi) is 3.14. The zero-order valence-corrected chi connectivity index (χ0v) is 13.9. The third kappa shape index (κ3) is 1.94. The fourth-order valence-corrected chi connectivity index (χ4v) is 3.76. The molecule has 3 aromatic carbocycles. The molecule has 1 unspecified atom stereocenters. The number of aryl methyl sites for hydroxylation is 2. The number of hydrogen-bond acceptors (Lipinski definition) is 3. The molecule has 3 nitrogen and oxygen atoms in total. The lowest BCUT2D eigenvalue weighted by Crippen LogP contribution is -2.13. The van der Waals surface area contributed by atoms with E-state index in [4.69, 9.17) is 4.74 Å². The smallest absolute Gasteiger partial charge is 0.317 e. The van der Waals surface area contributed by atoms with Crippen LogP contribution < -0.4 is 0 Å². The molecule has 4 rings (SSSR count). The molecular formula is C21H18O3. The fraction of sp³-hybridized carbons (Fsp3) is 0.190. The Labute approximate surface area is 140 Å². The number of phenolic OH excluding ortho intramolecular Hbond substituents is 1. The van der Waals surface area contributed by atoms with Crippen LogP contribution in [0.2, 0.25) is 0 Å². The van der Waals surface area contributed by atoms with Gasteiger partial charge in [-0.2, -0.15) is 0 Å². The van der Waals surface area contributed by atoms with Gasteiger partial charge < -0.3 is 9.84 Å². The van der Waals surface area contributed by atoms with Crippen molar-refractivity contribution in [2.24, 2.45) is 0 Å². The van der Waals surface area contributed by atoms with Crippen LogP contribution in [0, 0.1) is 13.8 Å². The minimum Gasteiger partial charge on any atom is -0.507 e. The molecule has 0 heterocycles. The molecule has 0 aromatic heterocycles. The number of aromatic hydroxyl groups is 1. The van der Waals surface area contributed by atoms with Gasteiger partial charge in [0.2, 0.25) is 0 Å². The molecule has 0 aliphatic heterocycles. The lowest BCUT2D eigenvalue weighted by molar-refractivity contribution is -0.141. The number of carbonyl (C=O) groups is 1. The Morgan fingerprint density at radius 2 is 1.67 bits per heavy atom. The minimum atomic E-state index is -0.489. The van der Waals surface area contributed by atoms with Crippen LogP contribution in [0.5, 0.6) is 5.75 Å². The largest absolute Gasteiger partial charge is 0.507 e. The van der Waals surface area contributed by atoms with E-state index in [2.05, 4.69) is 12.1 Å². The summed E-state index contributed by atoms with van der Waals surface area (Å²) in [6.45, 7) is 4.01. The van der Waals surface area contributed by atoms with Crippen LogP contribution in [-0.4, -0.2) is 18.2 Å². The van der Waals surface area contributed by atoms with Gasteiger partial charge in [-0.05, 0) is 53.6 Å². The second-order valence-electron chi connectivity index (χ2n) is 6.46. The Morgan fingerprint density at radius 3 is 2.42 bits per heavy atom. The summed E-state index contributed by atoms with van der Waals surface area (Å²) < 4.78 is 5.04. The summed E-state index contributed by atoms with van der Waals surface area (Å²) in [4.78, 5) is 12.4. The summed E-state index contributed by atoms with van der Waals surface area (Å²) in [5, 5.41) is 12.3. The Hall–Kier alpha value is -2.81. The van der Waals surface area contributed by atoms with E-state index in [9.17, 15) is 9.90 Å². The van der Waals surface area contributed by atoms with E-state index in [1.54, 1.807) is 6.07 Å². The number of phenols is 1. The average molecular weight is 318 g/mol. The molecule has 1 N–H and O–H groups in total. The van der Waals surface area contributed by atoms with Crippen molar-refractivity contribution in [1.82, 2.24) is 0 Å². The van der Waals surface area contributed by atoms with E-state index in [-0.39, 0.29) is 11.7 Å². The van der Waals surface area contributed by atoms with Crippen molar-refractivity contribution >= 4 is 16.7 Å². The zero-order chi connectivity index (χ0) is 17.0. The molecule has 0 radical (unpaired) electrons. The summed E-state index contributed by atoms with van der Waals surface area (Å²) in [7, 11) is 1.40.